The second kappa shape index (κ2) is 5.54. The standard InChI is InChI=1S/C17H19FO/c1-3-13-6-4-8-15(10-13)17(2,19)12-14-7-5-9-16(18)11-14/h4-11,19H,3,12H2,1-2H3. The van der Waals surface area contributed by atoms with Crippen LogP contribution < -0.4 is 0 Å². The highest BCUT2D eigenvalue weighted by Crippen LogP contribution is 2.26. The Morgan fingerprint density at radius 2 is 1.74 bits per heavy atom. The molecule has 2 aromatic carbocycles. The van der Waals surface area contributed by atoms with Gasteiger partial charge in [0, 0.05) is 6.42 Å². The highest BCUT2D eigenvalue weighted by atomic mass is 19.1. The summed E-state index contributed by atoms with van der Waals surface area (Å²) in [5, 5.41) is 10.6. The summed E-state index contributed by atoms with van der Waals surface area (Å²) in [4.78, 5) is 0. The van der Waals surface area contributed by atoms with Crippen LogP contribution in [0.3, 0.4) is 0 Å². The van der Waals surface area contributed by atoms with Gasteiger partial charge in [-0.2, -0.15) is 0 Å². The van der Waals surface area contributed by atoms with Gasteiger partial charge < -0.3 is 5.11 Å². The molecule has 0 spiro atoms. The maximum Gasteiger partial charge on any atom is 0.123 e. The van der Waals surface area contributed by atoms with E-state index in [1.165, 1.54) is 17.7 Å². The Bertz CT molecular complexity index is 561. The van der Waals surface area contributed by atoms with E-state index in [2.05, 4.69) is 6.92 Å². The van der Waals surface area contributed by atoms with Crippen LogP contribution in [0.2, 0.25) is 0 Å². The fourth-order valence-corrected chi connectivity index (χ4v) is 2.27. The molecule has 0 fully saturated rings. The molecule has 0 amide bonds. The van der Waals surface area contributed by atoms with Crippen molar-refractivity contribution in [3.63, 3.8) is 0 Å². The molecule has 0 saturated carbocycles. The Morgan fingerprint density at radius 3 is 2.42 bits per heavy atom. The van der Waals surface area contributed by atoms with E-state index in [1.807, 2.05) is 30.3 Å². The van der Waals surface area contributed by atoms with Crippen molar-refractivity contribution in [3.05, 3.63) is 71.0 Å². The lowest BCUT2D eigenvalue weighted by Crippen LogP contribution is -2.24. The zero-order valence-corrected chi connectivity index (χ0v) is 11.4. The number of hydrogen-bond donors (Lipinski definition) is 1. The highest BCUT2D eigenvalue weighted by Gasteiger charge is 2.23. The number of aryl methyl sites for hydroxylation is 1. The van der Waals surface area contributed by atoms with Crippen LogP contribution in [-0.4, -0.2) is 5.11 Å². The summed E-state index contributed by atoms with van der Waals surface area (Å²) < 4.78 is 13.2. The number of benzene rings is 2. The minimum atomic E-state index is -0.987. The fourth-order valence-electron chi connectivity index (χ4n) is 2.27. The predicted octanol–water partition coefficient (Wildman–Crippen LogP) is 3.84. The molecular weight excluding hydrogens is 239 g/mol. The first-order valence-corrected chi connectivity index (χ1v) is 6.57. The smallest absolute Gasteiger partial charge is 0.123 e. The third kappa shape index (κ3) is 3.42. The summed E-state index contributed by atoms with van der Waals surface area (Å²) in [6.45, 7) is 3.85. The van der Waals surface area contributed by atoms with Crippen molar-refractivity contribution in [2.45, 2.75) is 32.3 Å². The summed E-state index contributed by atoms with van der Waals surface area (Å²) in [7, 11) is 0. The summed E-state index contributed by atoms with van der Waals surface area (Å²) in [5.41, 5.74) is 1.87. The van der Waals surface area contributed by atoms with Gasteiger partial charge in [-0.05, 0) is 42.2 Å². The van der Waals surface area contributed by atoms with E-state index in [-0.39, 0.29) is 5.82 Å². The average molecular weight is 258 g/mol. The largest absolute Gasteiger partial charge is 0.385 e. The summed E-state index contributed by atoms with van der Waals surface area (Å²) in [6, 6.07) is 14.3. The maximum absolute atomic E-state index is 13.2. The van der Waals surface area contributed by atoms with E-state index in [0.717, 1.165) is 17.5 Å². The first kappa shape index (κ1) is 13.8. The summed E-state index contributed by atoms with van der Waals surface area (Å²) >= 11 is 0. The van der Waals surface area contributed by atoms with Gasteiger partial charge in [-0.1, -0.05) is 43.3 Å². The SMILES string of the molecule is CCc1cccc(C(C)(O)Cc2cccc(F)c2)c1. The first-order chi connectivity index (χ1) is 9.01. The number of hydrogen-bond acceptors (Lipinski definition) is 1. The Morgan fingerprint density at radius 1 is 1.05 bits per heavy atom. The van der Waals surface area contributed by atoms with Gasteiger partial charge in [0.1, 0.15) is 5.82 Å². The van der Waals surface area contributed by atoms with Gasteiger partial charge in [0.2, 0.25) is 0 Å². The highest BCUT2D eigenvalue weighted by molar-refractivity contribution is 5.30. The van der Waals surface area contributed by atoms with E-state index in [1.54, 1.807) is 13.0 Å². The quantitative estimate of drug-likeness (QED) is 0.883. The molecule has 1 unspecified atom stereocenters. The normalized spacial score (nSPS) is 14.1. The first-order valence-electron chi connectivity index (χ1n) is 6.57. The van der Waals surface area contributed by atoms with Crippen molar-refractivity contribution in [3.8, 4) is 0 Å². The van der Waals surface area contributed by atoms with E-state index >= 15 is 0 Å². The van der Waals surface area contributed by atoms with Gasteiger partial charge in [0.15, 0.2) is 0 Å². The van der Waals surface area contributed by atoms with Gasteiger partial charge in [0.25, 0.3) is 0 Å². The molecule has 0 aliphatic rings. The molecule has 19 heavy (non-hydrogen) atoms. The minimum absolute atomic E-state index is 0.268. The van der Waals surface area contributed by atoms with E-state index in [0.29, 0.717) is 6.42 Å². The van der Waals surface area contributed by atoms with Crippen LogP contribution in [0.1, 0.15) is 30.5 Å². The molecule has 0 heterocycles. The van der Waals surface area contributed by atoms with Crippen LogP contribution in [0.4, 0.5) is 4.39 Å². The molecule has 0 aromatic heterocycles. The average Bonchev–Trinajstić information content (AvgIpc) is 2.38. The van der Waals surface area contributed by atoms with Crippen molar-refractivity contribution in [2.75, 3.05) is 0 Å². The van der Waals surface area contributed by atoms with Crippen molar-refractivity contribution < 1.29 is 9.50 Å². The van der Waals surface area contributed by atoms with Crippen LogP contribution in [0, 0.1) is 5.82 Å². The van der Waals surface area contributed by atoms with Crippen LogP contribution in [-0.2, 0) is 18.4 Å². The van der Waals surface area contributed by atoms with Crippen molar-refractivity contribution >= 4 is 0 Å². The van der Waals surface area contributed by atoms with Crippen LogP contribution in [0.5, 0.6) is 0 Å². The summed E-state index contributed by atoms with van der Waals surface area (Å²) in [6.07, 6.45) is 1.34. The van der Waals surface area contributed by atoms with Gasteiger partial charge in [-0.3, -0.25) is 0 Å². The monoisotopic (exact) mass is 258 g/mol. The predicted molar refractivity (Wildman–Crippen MR) is 75.5 cm³/mol. The molecule has 1 atom stereocenters. The van der Waals surface area contributed by atoms with Crippen LogP contribution in [0.15, 0.2) is 48.5 Å². The molecule has 0 saturated heterocycles. The number of halogens is 1. The number of aliphatic hydroxyl groups is 1. The molecular formula is C17H19FO. The zero-order valence-electron chi connectivity index (χ0n) is 11.4. The van der Waals surface area contributed by atoms with E-state index in [9.17, 15) is 9.50 Å². The van der Waals surface area contributed by atoms with E-state index < -0.39 is 5.60 Å². The Kier molecular flexibility index (Phi) is 4.01. The topological polar surface area (TPSA) is 20.2 Å². The molecule has 2 rings (SSSR count). The second-order valence-electron chi connectivity index (χ2n) is 5.13. The van der Waals surface area contributed by atoms with Crippen LogP contribution >= 0.6 is 0 Å². The van der Waals surface area contributed by atoms with E-state index in [4.69, 9.17) is 0 Å². The molecule has 0 radical (unpaired) electrons. The van der Waals surface area contributed by atoms with Gasteiger partial charge in [0.05, 0.1) is 5.60 Å². The van der Waals surface area contributed by atoms with Gasteiger partial charge in [-0.15, -0.1) is 0 Å². The third-order valence-corrected chi connectivity index (χ3v) is 3.39. The molecule has 0 bridgehead atoms. The van der Waals surface area contributed by atoms with Crippen molar-refractivity contribution in [1.29, 1.82) is 0 Å². The third-order valence-electron chi connectivity index (χ3n) is 3.39. The Labute approximate surface area is 113 Å². The molecule has 0 aliphatic heterocycles. The Balaban J connectivity index is 2.26. The molecule has 0 aliphatic carbocycles. The Hall–Kier alpha value is -1.67. The van der Waals surface area contributed by atoms with Gasteiger partial charge in [-0.25, -0.2) is 4.39 Å². The molecule has 2 aromatic rings. The number of rotatable bonds is 4. The molecule has 1 nitrogen and oxygen atoms in total. The van der Waals surface area contributed by atoms with Crippen LogP contribution in [0.25, 0.3) is 0 Å². The lowest BCUT2D eigenvalue weighted by molar-refractivity contribution is 0.0575. The summed E-state index contributed by atoms with van der Waals surface area (Å²) in [5.74, 6) is -0.268. The lowest BCUT2D eigenvalue weighted by Gasteiger charge is -2.24. The minimum Gasteiger partial charge on any atom is -0.385 e. The molecule has 1 N–H and O–H groups in total. The van der Waals surface area contributed by atoms with Crippen molar-refractivity contribution in [2.24, 2.45) is 0 Å². The van der Waals surface area contributed by atoms with Crippen molar-refractivity contribution in [1.82, 2.24) is 0 Å². The lowest BCUT2D eigenvalue weighted by atomic mass is 9.88. The molecule has 2 heteroatoms. The second-order valence-corrected chi connectivity index (χ2v) is 5.13. The molecule has 100 valence electrons. The maximum atomic E-state index is 13.2. The fraction of sp³-hybridized carbons (Fsp3) is 0.294. The zero-order chi connectivity index (χ0) is 13.9. The van der Waals surface area contributed by atoms with Gasteiger partial charge >= 0.3 is 0 Å².